The summed E-state index contributed by atoms with van der Waals surface area (Å²) in [6.45, 7) is 4.38. The van der Waals surface area contributed by atoms with E-state index < -0.39 is 0 Å². The van der Waals surface area contributed by atoms with Crippen LogP contribution in [0.25, 0.3) is 15.9 Å². The van der Waals surface area contributed by atoms with Crippen LogP contribution in [0.1, 0.15) is 22.3 Å². The van der Waals surface area contributed by atoms with E-state index >= 15 is 0 Å². The normalized spacial score (nSPS) is 11.0. The molecule has 7 heteroatoms. The number of nitrogens with one attached hydrogen (secondary N) is 1. The van der Waals surface area contributed by atoms with Gasteiger partial charge in [0.1, 0.15) is 10.6 Å². The number of amides is 1. The summed E-state index contributed by atoms with van der Waals surface area (Å²) in [5.41, 5.74) is 2.43. The van der Waals surface area contributed by atoms with Crippen LogP contribution in [0.3, 0.4) is 0 Å². The van der Waals surface area contributed by atoms with Gasteiger partial charge in [0.15, 0.2) is 0 Å². The van der Waals surface area contributed by atoms with Crippen molar-refractivity contribution in [1.29, 1.82) is 0 Å². The van der Waals surface area contributed by atoms with E-state index in [1.165, 1.54) is 11.3 Å². The van der Waals surface area contributed by atoms with Gasteiger partial charge in [0, 0.05) is 10.4 Å². The van der Waals surface area contributed by atoms with Gasteiger partial charge in [-0.2, -0.15) is 5.10 Å². The number of rotatable bonds is 5. The molecule has 4 rings (SSSR count). The highest BCUT2D eigenvalue weighted by molar-refractivity contribution is 7.20. The van der Waals surface area contributed by atoms with Crippen LogP contribution in [0.15, 0.2) is 54.6 Å². The van der Waals surface area contributed by atoms with Gasteiger partial charge < -0.3 is 10.1 Å². The number of carbonyl (C=O) groups excluding carboxylic acids is 1. The van der Waals surface area contributed by atoms with Gasteiger partial charge in [0.05, 0.1) is 28.6 Å². The van der Waals surface area contributed by atoms with Crippen molar-refractivity contribution < 1.29 is 9.53 Å². The Morgan fingerprint density at radius 1 is 1.21 bits per heavy atom. The number of ether oxygens (including phenoxy) is 1. The molecule has 2 heterocycles. The van der Waals surface area contributed by atoms with Crippen molar-refractivity contribution in [3.05, 3.63) is 70.2 Å². The lowest BCUT2D eigenvalue weighted by Gasteiger charge is -2.10. The number of para-hydroxylation sites is 2. The number of carbonyl (C=O) groups is 1. The summed E-state index contributed by atoms with van der Waals surface area (Å²) < 4.78 is 7.43. The topological polar surface area (TPSA) is 56.1 Å². The number of thiophene rings is 1. The van der Waals surface area contributed by atoms with Gasteiger partial charge in [0.25, 0.3) is 5.91 Å². The molecule has 4 aromatic rings. The van der Waals surface area contributed by atoms with E-state index in [2.05, 4.69) is 10.4 Å². The fraction of sp³-hybridized carbons (Fsp3) is 0.143. The molecule has 28 heavy (non-hydrogen) atoms. The number of aryl methyl sites for hydroxylation is 1. The zero-order chi connectivity index (χ0) is 19.7. The molecule has 142 valence electrons. The lowest BCUT2D eigenvalue weighted by atomic mass is 10.2. The number of hydrogen-bond donors (Lipinski definition) is 1. The van der Waals surface area contributed by atoms with E-state index in [-0.39, 0.29) is 5.91 Å². The molecule has 0 atom stereocenters. The van der Waals surface area contributed by atoms with Crippen molar-refractivity contribution >= 4 is 44.7 Å². The number of benzene rings is 2. The second-order valence-corrected chi connectivity index (χ2v) is 7.65. The summed E-state index contributed by atoms with van der Waals surface area (Å²) in [5, 5.41) is 9.18. The molecule has 0 radical (unpaired) electrons. The standard InChI is InChI=1S/C21H18ClN3O2S/c1-3-27-18-7-5-4-6-17(18)23-20(26)19-12-16-13(2)24-25(21(16)28-19)15-10-8-14(22)9-11-15/h4-12H,3H2,1-2H3,(H,23,26). The second-order valence-electron chi connectivity index (χ2n) is 6.19. The minimum absolute atomic E-state index is 0.171. The SMILES string of the molecule is CCOc1ccccc1NC(=O)c1cc2c(C)nn(-c3ccc(Cl)cc3)c2s1. The third-order valence-electron chi connectivity index (χ3n) is 4.27. The van der Waals surface area contributed by atoms with Crippen LogP contribution in [0.4, 0.5) is 5.69 Å². The zero-order valence-corrected chi connectivity index (χ0v) is 17.0. The first-order valence-corrected chi connectivity index (χ1v) is 10.0. The quantitative estimate of drug-likeness (QED) is 0.458. The maximum atomic E-state index is 12.8. The Bertz CT molecular complexity index is 1150. The van der Waals surface area contributed by atoms with Crippen LogP contribution in [-0.2, 0) is 0 Å². The Labute approximate surface area is 171 Å². The minimum atomic E-state index is -0.171. The summed E-state index contributed by atoms with van der Waals surface area (Å²) in [6.07, 6.45) is 0. The third kappa shape index (κ3) is 3.48. The Hall–Kier alpha value is -2.83. The highest BCUT2D eigenvalue weighted by Gasteiger charge is 2.18. The monoisotopic (exact) mass is 411 g/mol. The Morgan fingerprint density at radius 2 is 1.96 bits per heavy atom. The Balaban J connectivity index is 1.68. The lowest BCUT2D eigenvalue weighted by Crippen LogP contribution is -2.11. The first-order chi connectivity index (χ1) is 13.6. The molecule has 0 spiro atoms. The van der Waals surface area contributed by atoms with Gasteiger partial charge in [0.2, 0.25) is 0 Å². The van der Waals surface area contributed by atoms with Gasteiger partial charge in [-0.15, -0.1) is 11.3 Å². The lowest BCUT2D eigenvalue weighted by molar-refractivity contribution is 0.103. The van der Waals surface area contributed by atoms with Crippen LogP contribution in [-0.4, -0.2) is 22.3 Å². The average Bonchev–Trinajstić information content (AvgIpc) is 3.25. The maximum absolute atomic E-state index is 12.8. The predicted octanol–water partition coefficient (Wildman–Crippen LogP) is 5.70. The van der Waals surface area contributed by atoms with E-state index in [0.29, 0.717) is 27.9 Å². The van der Waals surface area contributed by atoms with Crippen LogP contribution in [0.5, 0.6) is 5.75 Å². The summed E-state index contributed by atoms with van der Waals surface area (Å²) in [5.74, 6) is 0.485. The highest BCUT2D eigenvalue weighted by Crippen LogP contribution is 2.32. The summed E-state index contributed by atoms with van der Waals surface area (Å²) in [7, 11) is 0. The van der Waals surface area contributed by atoms with Crippen molar-refractivity contribution in [3.63, 3.8) is 0 Å². The number of fused-ring (bicyclic) bond motifs is 1. The smallest absolute Gasteiger partial charge is 0.265 e. The van der Waals surface area contributed by atoms with Crippen molar-refractivity contribution in [1.82, 2.24) is 9.78 Å². The Kier molecular flexibility index (Phi) is 5.07. The molecule has 0 bridgehead atoms. The fourth-order valence-corrected chi connectivity index (χ4v) is 4.16. The third-order valence-corrected chi connectivity index (χ3v) is 5.64. The second kappa shape index (κ2) is 7.66. The number of aromatic nitrogens is 2. The first kappa shape index (κ1) is 18.5. The average molecular weight is 412 g/mol. The van der Waals surface area contributed by atoms with Gasteiger partial charge in [-0.25, -0.2) is 4.68 Å². The van der Waals surface area contributed by atoms with Crippen LogP contribution in [0.2, 0.25) is 5.02 Å². The molecule has 0 saturated heterocycles. The minimum Gasteiger partial charge on any atom is -0.492 e. The number of anilines is 1. The van der Waals surface area contributed by atoms with Crippen molar-refractivity contribution in [3.8, 4) is 11.4 Å². The van der Waals surface area contributed by atoms with Crippen molar-refractivity contribution in [2.75, 3.05) is 11.9 Å². The van der Waals surface area contributed by atoms with E-state index in [1.807, 2.05) is 73.1 Å². The number of halogens is 1. The predicted molar refractivity (Wildman–Crippen MR) is 114 cm³/mol. The van der Waals surface area contributed by atoms with Crippen molar-refractivity contribution in [2.45, 2.75) is 13.8 Å². The van der Waals surface area contributed by atoms with E-state index in [9.17, 15) is 4.79 Å². The number of hydrogen-bond acceptors (Lipinski definition) is 4. The molecule has 1 amide bonds. The van der Waals surface area contributed by atoms with Gasteiger partial charge in [-0.1, -0.05) is 23.7 Å². The fourth-order valence-electron chi connectivity index (χ4n) is 2.95. The molecule has 1 N–H and O–H groups in total. The van der Waals surface area contributed by atoms with Crippen molar-refractivity contribution in [2.24, 2.45) is 0 Å². The molecule has 0 aliphatic rings. The summed E-state index contributed by atoms with van der Waals surface area (Å²) >= 11 is 7.40. The number of nitrogens with zero attached hydrogens (tertiary/aromatic N) is 2. The molecule has 5 nitrogen and oxygen atoms in total. The first-order valence-electron chi connectivity index (χ1n) is 8.85. The molecule has 2 aromatic carbocycles. The zero-order valence-electron chi connectivity index (χ0n) is 15.4. The van der Waals surface area contributed by atoms with Gasteiger partial charge in [-0.3, -0.25) is 4.79 Å². The molecular formula is C21H18ClN3O2S. The van der Waals surface area contributed by atoms with Crippen LogP contribution in [0, 0.1) is 6.92 Å². The van der Waals surface area contributed by atoms with Crippen LogP contribution < -0.4 is 10.1 Å². The molecule has 2 aromatic heterocycles. The molecule has 0 unspecified atom stereocenters. The Morgan fingerprint density at radius 3 is 2.71 bits per heavy atom. The van der Waals surface area contributed by atoms with Gasteiger partial charge in [-0.05, 0) is 56.3 Å². The molecule has 0 fully saturated rings. The largest absolute Gasteiger partial charge is 0.492 e. The van der Waals surface area contributed by atoms with E-state index in [0.717, 1.165) is 21.6 Å². The molecule has 0 aliphatic heterocycles. The van der Waals surface area contributed by atoms with Gasteiger partial charge >= 0.3 is 0 Å². The maximum Gasteiger partial charge on any atom is 0.265 e. The molecule has 0 aliphatic carbocycles. The van der Waals surface area contributed by atoms with E-state index in [1.54, 1.807) is 0 Å². The summed E-state index contributed by atoms with van der Waals surface area (Å²) in [4.78, 5) is 14.4. The van der Waals surface area contributed by atoms with Crippen LogP contribution >= 0.6 is 22.9 Å². The summed E-state index contributed by atoms with van der Waals surface area (Å²) in [6, 6.07) is 16.8. The molecule has 0 saturated carbocycles. The highest BCUT2D eigenvalue weighted by atomic mass is 35.5. The van der Waals surface area contributed by atoms with E-state index in [4.69, 9.17) is 16.3 Å². The molecular weight excluding hydrogens is 394 g/mol.